The average Bonchev–Trinajstić information content (AvgIpc) is 3.09. The summed E-state index contributed by atoms with van der Waals surface area (Å²) < 4.78 is 5.16. The molecule has 0 radical (unpaired) electrons. The van der Waals surface area contributed by atoms with Crippen LogP contribution in [0.5, 0.6) is 0 Å². The fraction of sp³-hybridized carbons (Fsp3) is 0.929. The predicted molar refractivity (Wildman–Crippen MR) is 72.7 cm³/mol. The van der Waals surface area contributed by atoms with Crippen molar-refractivity contribution in [1.82, 2.24) is 5.32 Å². The maximum atomic E-state index is 11.5. The van der Waals surface area contributed by atoms with Gasteiger partial charge < -0.3 is 20.3 Å². The molecule has 3 N–H and O–H groups in total. The summed E-state index contributed by atoms with van der Waals surface area (Å²) in [4.78, 5) is 11.5. The Morgan fingerprint density at radius 2 is 1.89 bits per heavy atom. The van der Waals surface area contributed by atoms with E-state index < -0.39 is 11.7 Å². The molecular weight excluding hydrogens is 246 g/mol. The van der Waals surface area contributed by atoms with Crippen LogP contribution in [0.15, 0.2) is 0 Å². The van der Waals surface area contributed by atoms with E-state index in [4.69, 9.17) is 4.74 Å². The Morgan fingerprint density at radius 3 is 2.32 bits per heavy atom. The van der Waals surface area contributed by atoms with Gasteiger partial charge in [-0.25, -0.2) is 4.79 Å². The number of aliphatic hydroxyl groups is 2. The van der Waals surface area contributed by atoms with Crippen molar-refractivity contribution in [3.63, 3.8) is 0 Å². The summed E-state index contributed by atoms with van der Waals surface area (Å²) in [7, 11) is 0. The van der Waals surface area contributed by atoms with Gasteiger partial charge in [0.25, 0.3) is 0 Å². The fourth-order valence-corrected chi connectivity index (χ4v) is 2.36. The maximum absolute atomic E-state index is 11.5. The van der Waals surface area contributed by atoms with Gasteiger partial charge in [0.1, 0.15) is 5.60 Å². The summed E-state index contributed by atoms with van der Waals surface area (Å²) in [5.41, 5.74) is -0.487. The molecule has 1 fully saturated rings. The third-order valence-corrected chi connectivity index (χ3v) is 3.45. The van der Waals surface area contributed by atoms with Crippen LogP contribution < -0.4 is 5.32 Å². The Kier molecular flexibility index (Phi) is 6.07. The minimum Gasteiger partial charge on any atom is -0.444 e. The zero-order valence-electron chi connectivity index (χ0n) is 12.2. The molecule has 1 rings (SSSR count). The quantitative estimate of drug-likeness (QED) is 0.657. The second-order valence-corrected chi connectivity index (χ2v) is 6.34. The minimum atomic E-state index is -0.487. The molecule has 0 heterocycles. The van der Waals surface area contributed by atoms with Gasteiger partial charge in [0, 0.05) is 25.7 Å². The van der Waals surface area contributed by atoms with Crippen LogP contribution in [0.25, 0.3) is 0 Å². The molecule has 1 saturated carbocycles. The molecule has 1 aliphatic rings. The van der Waals surface area contributed by atoms with Gasteiger partial charge in [0.2, 0.25) is 0 Å². The molecule has 0 spiro atoms. The summed E-state index contributed by atoms with van der Waals surface area (Å²) >= 11 is 0. The number of alkyl carbamates (subject to hydrolysis) is 1. The Hall–Kier alpha value is -0.810. The van der Waals surface area contributed by atoms with Crippen molar-refractivity contribution in [3.05, 3.63) is 0 Å². The highest BCUT2D eigenvalue weighted by Gasteiger charge is 2.35. The van der Waals surface area contributed by atoms with Crippen molar-refractivity contribution in [2.75, 3.05) is 19.8 Å². The van der Waals surface area contributed by atoms with E-state index in [2.05, 4.69) is 5.32 Å². The van der Waals surface area contributed by atoms with E-state index in [0.29, 0.717) is 12.5 Å². The topological polar surface area (TPSA) is 78.8 Å². The van der Waals surface area contributed by atoms with Crippen LogP contribution in [-0.4, -0.2) is 41.7 Å². The highest BCUT2D eigenvalue weighted by molar-refractivity contribution is 5.67. The van der Waals surface area contributed by atoms with Gasteiger partial charge in [-0.2, -0.15) is 0 Å². The van der Waals surface area contributed by atoms with E-state index in [1.807, 2.05) is 20.8 Å². The average molecular weight is 273 g/mol. The maximum Gasteiger partial charge on any atom is 0.407 e. The van der Waals surface area contributed by atoms with Crippen molar-refractivity contribution in [2.24, 2.45) is 17.8 Å². The molecule has 0 aliphatic heterocycles. The Labute approximate surface area is 115 Å². The molecule has 0 aromatic rings. The van der Waals surface area contributed by atoms with E-state index in [-0.39, 0.29) is 25.0 Å². The molecule has 1 aliphatic carbocycles. The molecule has 112 valence electrons. The van der Waals surface area contributed by atoms with Crippen LogP contribution >= 0.6 is 0 Å². The number of nitrogens with one attached hydrogen (secondary N) is 1. The summed E-state index contributed by atoms with van der Waals surface area (Å²) in [6.45, 7) is 6.01. The molecule has 1 unspecified atom stereocenters. The lowest BCUT2D eigenvalue weighted by atomic mass is 9.86. The molecule has 19 heavy (non-hydrogen) atoms. The third kappa shape index (κ3) is 6.25. The number of carbonyl (C=O) groups excluding carboxylic acids is 1. The van der Waals surface area contributed by atoms with Gasteiger partial charge in [-0.15, -0.1) is 0 Å². The first-order chi connectivity index (χ1) is 8.87. The van der Waals surface area contributed by atoms with Gasteiger partial charge >= 0.3 is 6.09 Å². The van der Waals surface area contributed by atoms with Gasteiger partial charge in [-0.1, -0.05) is 0 Å². The van der Waals surface area contributed by atoms with Crippen molar-refractivity contribution in [1.29, 1.82) is 0 Å². The molecule has 5 nitrogen and oxygen atoms in total. The number of aliphatic hydroxyl groups excluding tert-OH is 2. The molecule has 0 bridgehead atoms. The molecule has 0 aromatic heterocycles. The Bertz CT molecular complexity index is 280. The van der Waals surface area contributed by atoms with E-state index in [1.54, 1.807) is 0 Å². The van der Waals surface area contributed by atoms with Gasteiger partial charge in [-0.3, -0.25) is 0 Å². The lowest BCUT2D eigenvalue weighted by Gasteiger charge is -2.24. The van der Waals surface area contributed by atoms with Gasteiger partial charge in [0.15, 0.2) is 0 Å². The molecule has 5 heteroatoms. The predicted octanol–water partition coefficient (Wildman–Crippen LogP) is 1.53. The molecule has 1 atom stereocenters. The normalized spacial score (nSPS) is 17.4. The van der Waals surface area contributed by atoms with Crippen molar-refractivity contribution in [2.45, 2.75) is 45.6 Å². The Morgan fingerprint density at radius 1 is 1.32 bits per heavy atom. The van der Waals surface area contributed by atoms with Crippen LogP contribution in [0, 0.1) is 17.8 Å². The monoisotopic (exact) mass is 273 g/mol. The second-order valence-electron chi connectivity index (χ2n) is 6.34. The molecule has 0 aromatic carbocycles. The molecular formula is C14H27NO4. The molecule has 0 saturated heterocycles. The van der Waals surface area contributed by atoms with Crippen molar-refractivity contribution in [3.8, 4) is 0 Å². The third-order valence-electron chi connectivity index (χ3n) is 3.45. The van der Waals surface area contributed by atoms with Crippen LogP contribution in [-0.2, 0) is 4.74 Å². The summed E-state index contributed by atoms with van der Waals surface area (Å²) in [6.07, 6.45) is 2.68. The van der Waals surface area contributed by atoms with Crippen LogP contribution in [0.4, 0.5) is 4.79 Å². The SMILES string of the molecule is CC(C)(C)OC(=O)NCCC(C(CO)CO)C1CC1. The van der Waals surface area contributed by atoms with E-state index >= 15 is 0 Å². The van der Waals surface area contributed by atoms with Crippen LogP contribution in [0.3, 0.4) is 0 Å². The fourth-order valence-electron chi connectivity index (χ4n) is 2.36. The largest absolute Gasteiger partial charge is 0.444 e. The standard InChI is InChI=1S/C14H27NO4/c1-14(2,3)19-13(18)15-7-6-12(10-4-5-10)11(8-16)9-17/h10-12,16-17H,4-9H2,1-3H3,(H,15,18). The zero-order valence-corrected chi connectivity index (χ0v) is 12.2. The van der Waals surface area contributed by atoms with E-state index in [1.165, 1.54) is 0 Å². The first-order valence-corrected chi connectivity index (χ1v) is 7.06. The van der Waals surface area contributed by atoms with Crippen LogP contribution in [0.1, 0.15) is 40.0 Å². The number of rotatable bonds is 7. The number of amides is 1. The first kappa shape index (κ1) is 16.2. The molecule has 1 amide bonds. The van der Waals surface area contributed by atoms with E-state index in [0.717, 1.165) is 19.3 Å². The highest BCUT2D eigenvalue weighted by Crippen LogP contribution is 2.42. The van der Waals surface area contributed by atoms with Crippen LogP contribution in [0.2, 0.25) is 0 Å². The lowest BCUT2D eigenvalue weighted by Crippen LogP contribution is -2.35. The summed E-state index contributed by atoms with van der Waals surface area (Å²) in [5.74, 6) is 0.794. The van der Waals surface area contributed by atoms with Gasteiger partial charge in [-0.05, 0) is 51.9 Å². The number of hydrogen-bond donors (Lipinski definition) is 3. The zero-order chi connectivity index (χ0) is 14.5. The summed E-state index contributed by atoms with van der Waals surface area (Å²) in [5, 5.41) is 21.3. The van der Waals surface area contributed by atoms with Crippen molar-refractivity contribution < 1.29 is 19.7 Å². The number of ether oxygens (including phenoxy) is 1. The smallest absolute Gasteiger partial charge is 0.407 e. The lowest BCUT2D eigenvalue weighted by molar-refractivity contribution is 0.0513. The highest BCUT2D eigenvalue weighted by atomic mass is 16.6. The van der Waals surface area contributed by atoms with E-state index in [9.17, 15) is 15.0 Å². The van der Waals surface area contributed by atoms with Gasteiger partial charge in [0.05, 0.1) is 0 Å². The van der Waals surface area contributed by atoms with Crippen molar-refractivity contribution >= 4 is 6.09 Å². The second kappa shape index (κ2) is 7.10. The summed E-state index contributed by atoms with van der Waals surface area (Å²) in [6, 6.07) is 0. The number of hydrogen-bond acceptors (Lipinski definition) is 4. The number of carbonyl (C=O) groups is 1. The minimum absolute atomic E-state index is 0.00407. The first-order valence-electron chi connectivity index (χ1n) is 7.06. The Balaban J connectivity index is 2.31.